The molecular weight excluding hydrogens is 167 g/mol. The van der Waals surface area contributed by atoms with Crippen molar-refractivity contribution in [2.75, 3.05) is 0 Å². The molecule has 0 heterocycles. The number of benzene rings is 1. The lowest BCUT2D eigenvalue weighted by Crippen LogP contribution is -2.33. The van der Waals surface area contributed by atoms with Gasteiger partial charge >= 0.3 is 7.12 Å². The maximum absolute atomic E-state index is 9.20. The minimum atomic E-state index is -1.47. The lowest BCUT2D eigenvalue weighted by atomic mass is 9.74. The van der Waals surface area contributed by atoms with E-state index in [1.807, 2.05) is 13.8 Å². The lowest BCUT2D eigenvalue weighted by molar-refractivity contribution is 0.425. The Balaban J connectivity index is 3.19. The van der Waals surface area contributed by atoms with Crippen LogP contribution in [0.1, 0.15) is 25.3 Å². The van der Waals surface area contributed by atoms with Crippen molar-refractivity contribution in [3.63, 3.8) is 0 Å². The minimum absolute atomic E-state index is 0.146. The van der Waals surface area contributed by atoms with E-state index in [0.29, 0.717) is 5.46 Å². The SMILES string of the molecule is CC(C)c1cc(O)ccc1B(O)O. The van der Waals surface area contributed by atoms with Crippen molar-refractivity contribution in [2.24, 2.45) is 0 Å². The molecule has 13 heavy (non-hydrogen) atoms. The minimum Gasteiger partial charge on any atom is -0.508 e. The first kappa shape index (κ1) is 10.1. The second-order valence-electron chi connectivity index (χ2n) is 3.34. The Bertz CT molecular complexity index is 297. The van der Waals surface area contributed by atoms with E-state index in [-0.39, 0.29) is 11.7 Å². The quantitative estimate of drug-likeness (QED) is 0.569. The smallest absolute Gasteiger partial charge is 0.488 e. The third-order valence-electron chi connectivity index (χ3n) is 1.97. The van der Waals surface area contributed by atoms with Crippen LogP contribution in [0.25, 0.3) is 0 Å². The van der Waals surface area contributed by atoms with Gasteiger partial charge in [0.25, 0.3) is 0 Å². The highest BCUT2D eigenvalue weighted by Crippen LogP contribution is 2.17. The van der Waals surface area contributed by atoms with Crippen molar-refractivity contribution >= 4 is 12.6 Å². The fourth-order valence-electron chi connectivity index (χ4n) is 1.30. The monoisotopic (exact) mass is 180 g/mol. The highest BCUT2D eigenvalue weighted by molar-refractivity contribution is 6.59. The van der Waals surface area contributed by atoms with Gasteiger partial charge in [0.2, 0.25) is 0 Å². The summed E-state index contributed by atoms with van der Waals surface area (Å²) in [6.07, 6.45) is 0. The van der Waals surface area contributed by atoms with E-state index in [4.69, 9.17) is 10.0 Å². The molecule has 0 saturated heterocycles. The van der Waals surface area contributed by atoms with Gasteiger partial charge in [0.15, 0.2) is 0 Å². The van der Waals surface area contributed by atoms with Gasteiger partial charge in [0, 0.05) is 0 Å². The summed E-state index contributed by atoms with van der Waals surface area (Å²) in [6, 6.07) is 4.52. The maximum atomic E-state index is 9.20. The molecule has 0 bridgehead atoms. The van der Waals surface area contributed by atoms with Crippen LogP contribution in [0, 0.1) is 0 Å². The molecule has 1 aromatic carbocycles. The summed E-state index contributed by atoms with van der Waals surface area (Å²) in [5, 5.41) is 27.2. The van der Waals surface area contributed by atoms with E-state index in [0.717, 1.165) is 5.56 Å². The zero-order valence-corrected chi connectivity index (χ0v) is 7.73. The molecule has 0 fully saturated rings. The van der Waals surface area contributed by atoms with E-state index in [1.54, 1.807) is 6.07 Å². The average Bonchev–Trinajstić information content (AvgIpc) is 2.03. The van der Waals surface area contributed by atoms with Gasteiger partial charge in [-0.15, -0.1) is 0 Å². The number of phenols is 1. The van der Waals surface area contributed by atoms with Gasteiger partial charge in [-0.2, -0.15) is 0 Å². The summed E-state index contributed by atoms with van der Waals surface area (Å²) in [7, 11) is -1.47. The normalized spacial score (nSPS) is 10.5. The van der Waals surface area contributed by atoms with Crippen LogP contribution in [0.4, 0.5) is 0 Å². The van der Waals surface area contributed by atoms with E-state index in [2.05, 4.69) is 0 Å². The summed E-state index contributed by atoms with van der Waals surface area (Å²) in [5.41, 5.74) is 1.21. The van der Waals surface area contributed by atoms with Crippen molar-refractivity contribution in [3.05, 3.63) is 23.8 Å². The number of hydrogen-bond donors (Lipinski definition) is 3. The molecule has 0 aliphatic rings. The maximum Gasteiger partial charge on any atom is 0.488 e. The van der Waals surface area contributed by atoms with Crippen LogP contribution in [0.3, 0.4) is 0 Å². The van der Waals surface area contributed by atoms with Crippen LogP contribution in [0.2, 0.25) is 0 Å². The van der Waals surface area contributed by atoms with Crippen molar-refractivity contribution in [1.82, 2.24) is 0 Å². The van der Waals surface area contributed by atoms with Crippen LogP contribution in [0.5, 0.6) is 5.75 Å². The third-order valence-corrected chi connectivity index (χ3v) is 1.97. The summed E-state index contributed by atoms with van der Waals surface area (Å²) < 4.78 is 0. The Morgan fingerprint density at radius 3 is 2.31 bits per heavy atom. The van der Waals surface area contributed by atoms with Crippen molar-refractivity contribution < 1.29 is 15.2 Å². The zero-order chi connectivity index (χ0) is 10.0. The molecule has 0 aromatic heterocycles. The molecule has 0 unspecified atom stereocenters. The van der Waals surface area contributed by atoms with Gasteiger partial charge in [-0.25, -0.2) is 0 Å². The second kappa shape index (κ2) is 3.81. The first-order valence-corrected chi connectivity index (χ1v) is 4.21. The topological polar surface area (TPSA) is 60.7 Å². The third kappa shape index (κ3) is 2.23. The first-order valence-electron chi connectivity index (χ1n) is 4.21. The van der Waals surface area contributed by atoms with Gasteiger partial charge in [-0.1, -0.05) is 19.9 Å². The molecule has 3 N–H and O–H groups in total. The number of aromatic hydroxyl groups is 1. The summed E-state index contributed by atoms with van der Waals surface area (Å²) >= 11 is 0. The lowest BCUT2D eigenvalue weighted by Gasteiger charge is -2.12. The Kier molecular flexibility index (Phi) is 2.96. The number of phenolic OH excluding ortho intramolecular Hbond substituents is 1. The Labute approximate surface area is 77.8 Å². The molecule has 0 aliphatic heterocycles. The van der Waals surface area contributed by atoms with E-state index in [9.17, 15) is 5.11 Å². The molecule has 0 amide bonds. The molecule has 0 atom stereocenters. The van der Waals surface area contributed by atoms with Crippen LogP contribution in [0.15, 0.2) is 18.2 Å². The molecule has 1 aromatic rings. The highest BCUT2D eigenvalue weighted by Gasteiger charge is 2.17. The van der Waals surface area contributed by atoms with E-state index < -0.39 is 7.12 Å². The largest absolute Gasteiger partial charge is 0.508 e. The van der Waals surface area contributed by atoms with Crippen LogP contribution < -0.4 is 5.46 Å². The summed E-state index contributed by atoms with van der Waals surface area (Å²) in [4.78, 5) is 0. The molecule has 0 aliphatic carbocycles. The summed E-state index contributed by atoms with van der Waals surface area (Å²) in [6.45, 7) is 3.86. The standard InChI is InChI=1S/C9H13BO3/c1-6(2)8-5-7(11)3-4-9(8)10(12)13/h3-6,11-13H,1-2H3. The van der Waals surface area contributed by atoms with Gasteiger partial charge in [-0.3, -0.25) is 0 Å². The van der Waals surface area contributed by atoms with Gasteiger partial charge in [0.05, 0.1) is 0 Å². The molecule has 1 rings (SSSR count). The molecule has 0 spiro atoms. The fourth-order valence-corrected chi connectivity index (χ4v) is 1.30. The van der Waals surface area contributed by atoms with Crippen LogP contribution in [-0.4, -0.2) is 22.3 Å². The second-order valence-corrected chi connectivity index (χ2v) is 3.34. The van der Waals surface area contributed by atoms with Crippen molar-refractivity contribution in [2.45, 2.75) is 19.8 Å². The van der Waals surface area contributed by atoms with Gasteiger partial charge in [-0.05, 0) is 29.1 Å². The predicted molar refractivity (Wildman–Crippen MR) is 52.0 cm³/mol. The van der Waals surface area contributed by atoms with Crippen molar-refractivity contribution in [3.8, 4) is 5.75 Å². The zero-order valence-electron chi connectivity index (χ0n) is 7.73. The van der Waals surface area contributed by atoms with E-state index >= 15 is 0 Å². The van der Waals surface area contributed by atoms with E-state index in [1.165, 1.54) is 12.1 Å². The first-order chi connectivity index (χ1) is 6.02. The Morgan fingerprint density at radius 1 is 1.23 bits per heavy atom. The molecular formula is C9H13BO3. The van der Waals surface area contributed by atoms with Crippen LogP contribution in [-0.2, 0) is 0 Å². The molecule has 0 saturated carbocycles. The van der Waals surface area contributed by atoms with Gasteiger partial charge < -0.3 is 15.2 Å². The predicted octanol–water partition coefficient (Wildman–Crippen LogP) is 0.195. The fraction of sp³-hybridized carbons (Fsp3) is 0.333. The average molecular weight is 180 g/mol. The van der Waals surface area contributed by atoms with Crippen LogP contribution >= 0.6 is 0 Å². The Morgan fingerprint density at radius 2 is 1.85 bits per heavy atom. The highest BCUT2D eigenvalue weighted by atomic mass is 16.4. The summed E-state index contributed by atoms with van der Waals surface area (Å²) in [5.74, 6) is 0.303. The molecule has 3 nitrogen and oxygen atoms in total. The number of hydrogen-bond acceptors (Lipinski definition) is 3. The Hall–Kier alpha value is -0.995. The molecule has 70 valence electrons. The number of rotatable bonds is 2. The van der Waals surface area contributed by atoms with Gasteiger partial charge in [0.1, 0.15) is 5.75 Å². The molecule has 4 heteroatoms. The van der Waals surface area contributed by atoms with Crippen molar-refractivity contribution in [1.29, 1.82) is 0 Å². The molecule has 0 radical (unpaired) electrons.